The highest BCUT2D eigenvalue weighted by atomic mass is 16.6. The maximum absolute atomic E-state index is 12.3. The first-order valence-corrected chi connectivity index (χ1v) is 7.33. The number of pyridine rings is 1. The first-order valence-electron chi connectivity index (χ1n) is 7.33. The van der Waals surface area contributed by atoms with E-state index in [0.717, 1.165) is 34.2 Å². The first kappa shape index (κ1) is 15.6. The summed E-state index contributed by atoms with van der Waals surface area (Å²) in [4.78, 5) is 34.2. The molecule has 1 aliphatic heterocycles. The monoisotopic (exact) mass is 326 g/mol. The van der Waals surface area contributed by atoms with E-state index in [4.69, 9.17) is 0 Å². The highest BCUT2D eigenvalue weighted by Crippen LogP contribution is 2.14. The normalized spacial score (nSPS) is 13.7. The zero-order valence-electron chi connectivity index (χ0n) is 12.7. The molecule has 1 aromatic carbocycles. The van der Waals surface area contributed by atoms with E-state index >= 15 is 0 Å². The van der Waals surface area contributed by atoms with E-state index in [0.29, 0.717) is 13.0 Å². The van der Waals surface area contributed by atoms with Crippen molar-refractivity contribution < 1.29 is 9.72 Å². The summed E-state index contributed by atoms with van der Waals surface area (Å²) in [5.41, 5.74) is 1.04. The lowest BCUT2D eigenvalue weighted by molar-refractivity contribution is -0.385. The molecule has 24 heavy (non-hydrogen) atoms. The van der Waals surface area contributed by atoms with Crippen molar-refractivity contribution in [1.29, 1.82) is 0 Å². The van der Waals surface area contributed by atoms with Gasteiger partial charge in [0.1, 0.15) is 6.54 Å². The zero-order chi connectivity index (χ0) is 17.1. The molecule has 122 valence electrons. The number of amides is 1. The average molecular weight is 326 g/mol. The maximum Gasteiger partial charge on any atom is 0.285 e. The predicted octanol–water partition coefficient (Wildman–Crippen LogP) is 1.39. The van der Waals surface area contributed by atoms with Gasteiger partial charge < -0.3 is 0 Å². The summed E-state index contributed by atoms with van der Waals surface area (Å²) in [5.74, 6) is -0.386. The molecule has 8 nitrogen and oxygen atoms in total. The third-order valence-electron chi connectivity index (χ3n) is 3.68. The number of aromatic nitrogens is 1. The molecule has 0 unspecified atom stereocenters. The number of carbonyl (C=O) groups excluding carboxylic acids is 1. The van der Waals surface area contributed by atoms with E-state index in [1.165, 1.54) is 5.01 Å². The molecule has 0 fully saturated rings. The Morgan fingerprint density at radius 2 is 1.96 bits per heavy atom. The zero-order valence-corrected chi connectivity index (χ0v) is 12.7. The molecule has 0 saturated carbocycles. The van der Waals surface area contributed by atoms with Crippen LogP contribution in [-0.2, 0) is 11.3 Å². The molecule has 0 atom stereocenters. The molecule has 1 aliphatic rings. The van der Waals surface area contributed by atoms with Crippen LogP contribution in [0.4, 0.5) is 5.69 Å². The van der Waals surface area contributed by atoms with Gasteiger partial charge in [-0.25, -0.2) is 5.01 Å². The van der Waals surface area contributed by atoms with Crippen molar-refractivity contribution in [3.05, 3.63) is 74.7 Å². The van der Waals surface area contributed by atoms with Crippen LogP contribution in [0.1, 0.15) is 12.0 Å². The highest BCUT2D eigenvalue weighted by Gasteiger charge is 2.22. The lowest BCUT2D eigenvalue weighted by atomic mass is 10.1. The molecule has 0 aliphatic carbocycles. The van der Waals surface area contributed by atoms with Crippen molar-refractivity contribution in [2.24, 2.45) is 5.10 Å². The molecule has 1 aromatic heterocycles. The summed E-state index contributed by atoms with van der Waals surface area (Å²) in [5, 5.41) is 16.4. The van der Waals surface area contributed by atoms with Crippen molar-refractivity contribution in [3.63, 3.8) is 0 Å². The molecule has 8 heteroatoms. The van der Waals surface area contributed by atoms with Crippen molar-refractivity contribution in [1.82, 2.24) is 9.58 Å². The van der Waals surface area contributed by atoms with Gasteiger partial charge in [-0.15, -0.1) is 0 Å². The first-order chi connectivity index (χ1) is 11.5. The van der Waals surface area contributed by atoms with Crippen molar-refractivity contribution in [2.45, 2.75) is 13.0 Å². The van der Waals surface area contributed by atoms with Gasteiger partial charge >= 0.3 is 0 Å². The van der Waals surface area contributed by atoms with Gasteiger partial charge in [-0.1, -0.05) is 30.3 Å². The summed E-state index contributed by atoms with van der Waals surface area (Å²) in [6.07, 6.45) is 1.69. The number of hydrogen-bond acceptors (Lipinski definition) is 5. The molecular weight excluding hydrogens is 312 g/mol. The van der Waals surface area contributed by atoms with Crippen molar-refractivity contribution in [2.75, 3.05) is 6.54 Å². The fourth-order valence-electron chi connectivity index (χ4n) is 2.45. The summed E-state index contributed by atoms with van der Waals surface area (Å²) in [7, 11) is 0. The van der Waals surface area contributed by atoms with E-state index in [1.807, 2.05) is 30.3 Å². The number of rotatable bonds is 4. The molecule has 0 spiro atoms. The minimum absolute atomic E-state index is 0.239. The van der Waals surface area contributed by atoms with Gasteiger partial charge in [-0.05, 0) is 5.56 Å². The molecule has 0 radical (unpaired) electrons. The third kappa shape index (κ3) is 3.22. The Hall–Kier alpha value is -3.29. The second-order valence-corrected chi connectivity index (χ2v) is 5.29. The van der Waals surface area contributed by atoms with E-state index in [1.54, 1.807) is 0 Å². The Morgan fingerprint density at radius 1 is 1.21 bits per heavy atom. The summed E-state index contributed by atoms with van der Waals surface area (Å²) in [6, 6.07) is 11.7. The molecule has 0 N–H and O–H groups in total. The van der Waals surface area contributed by atoms with Gasteiger partial charge in [0.2, 0.25) is 0 Å². The van der Waals surface area contributed by atoms with E-state index in [9.17, 15) is 19.7 Å². The quantitative estimate of drug-likeness (QED) is 0.626. The second kappa shape index (κ2) is 6.45. The van der Waals surface area contributed by atoms with Crippen LogP contribution in [0.2, 0.25) is 0 Å². The number of hydrazone groups is 1. The molecular formula is C16H14N4O4. The van der Waals surface area contributed by atoms with Crippen LogP contribution < -0.4 is 5.56 Å². The standard InChI is InChI=1S/C16H14N4O4/c21-15-7-6-13(20(23)24)10-18(15)11-16(22)19-9-8-14(17-19)12-4-2-1-3-5-12/h1-7,10H,8-9,11H2. The SMILES string of the molecule is O=C(Cn1cc([N+](=O)[O-])ccc1=O)N1CCC(c2ccccc2)=N1. The van der Waals surface area contributed by atoms with Gasteiger partial charge in [0.05, 0.1) is 23.4 Å². The predicted molar refractivity (Wildman–Crippen MR) is 86.7 cm³/mol. The van der Waals surface area contributed by atoms with Gasteiger partial charge in [0, 0.05) is 18.6 Å². The van der Waals surface area contributed by atoms with Gasteiger partial charge in [0.15, 0.2) is 0 Å². The van der Waals surface area contributed by atoms with Crippen molar-refractivity contribution in [3.8, 4) is 0 Å². The van der Waals surface area contributed by atoms with Gasteiger partial charge in [0.25, 0.3) is 17.2 Å². The Labute approximate surface area is 136 Å². The van der Waals surface area contributed by atoms with Crippen LogP contribution >= 0.6 is 0 Å². The lowest BCUT2D eigenvalue weighted by Crippen LogP contribution is -2.31. The molecule has 0 bridgehead atoms. The number of hydrogen-bond donors (Lipinski definition) is 0. The van der Waals surface area contributed by atoms with Crippen molar-refractivity contribution >= 4 is 17.3 Å². The van der Waals surface area contributed by atoms with Crippen LogP contribution in [0, 0.1) is 10.1 Å². The fourth-order valence-corrected chi connectivity index (χ4v) is 2.45. The minimum atomic E-state index is -0.609. The molecule has 1 amide bonds. The minimum Gasteiger partial charge on any atom is -0.299 e. The van der Waals surface area contributed by atoms with Crippen LogP contribution in [0.5, 0.6) is 0 Å². The molecule has 3 rings (SSSR count). The Morgan fingerprint density at radius 3 is 2.67 bits per heavy atom. The number of nitro groups is 1. The van der Waals surface area contributed by atoms with Crippen LogP contribution in [-0.4, -0.2) is 32.7 Å². The third-order valence-corrected chi connectivity index (χ3v) is 3.68. The Bertz CT molecular complexity index is 873. The van der Waals surface area contributed by atoms with Gasteiger partial charge in [-0.2, -0.15) is 5.10 Å². The Balaban J connectivity index is 1.77. The topological polar surface area (TPSA) is 97.8 Å². The van der Waals surface area contributed by atoms with Crippen LogP contribution in [0.15, 0.2) is 58.6 Å². The van der Waals surface area contributed by atoms with E-state index < -0.39 is 10.5 Å². The molecule has 2 aromatic rings. The summed E-state index contributed by atoms with van der Waals surface area (Å²) in [6.45, 7) is 0.138. The molecule has 0 saturated heterocycles. The lowest BCUT2D eigenvalue weighted by Gasteiger charge is -2.12. The average Bonchev–Trinajstić information content (AvgIpc) is 3.07. The highest BCUT2D eigenvalue weighted by molar-refractivity contribution is 6.02. The Kier molecular flexibility index (Phi) is 4.19. The fraction of sp³-hybridized carbons (Fsp3) is 0.188. The van der Waals surface area contributed by atoms with Crippen LogP contribution in [0.25, 0.3) is 0 Å². The number of benzene rings is 1. The summed E-state index contributed by atoms with van der Waals surface area (Å²) < 4.78 is 1.02. The van der Waals surface area contributed by atoms with E-state index in [2.05, 4.69) is 5.10 Å². The second-order valence-electron chi connectivity index (χ2n) is 5.29. The maximum atomic E-state index is 12.3. The van der Waals surface area contributed by atoms with Gasteiger partial charge in [-0.3, -0.25) is 24.3 Å². The largest absolute Gasteiger partial charge is 0.299 e. The summed E-state index contributed by atoms with van der Waals surface area (Å²) >= 11 is 0. The smallest absolute Gasteiger partial charge is 0.285 e. The number of nitrogens with zero attached hydrogens (tertiary/aromatic N) is 4. The number of carbonyl (C=O) groups is 1. The van der Waals surface area contributed by atoms with E-state index in [-0.39, 0.29) is 18.1 Å². The molecule has 2 heterocycles. The van der Waals surface area contributed by atoms with Crippen LogP contribution in [0.3, 0.4) is 0 Å².